The van der Waals surface area contributed by atoms with Crippen molar-refractivity contribution in [3.8, 4) is 0 Å². The van der Waals surface area contributed by atoms with Crippen molar-refractivity contribution in [2.75, 3.05) is 12.4 Å². The standard InChI is InChI=1S/C5H13OSSi/c1-8(2)6-4-3-5-7/h7H,3-5H2,1-2H3. The van der Waals surface area contributed by atoms with Crippen molar-refractivity contribution < 1.29 is 4.43 Å². The Morgan fingerprint density at radius 3 is 2.50 bits per heavy atom. The molecule has 0 aromatic heterocycles. The topological polar surface area (TPSA) is 9.23 Å². The summed E-state index contributed by atoms with van der Waals surface area (Å²) in [5.41, 5.74) is 0. The van der Waals surface area contributed by atoms with Crippen molar-refractivity contribution in [2.24, 2.45) is 0 Å². The smallest absolute Gasteiger partial charge is 0.204 e. The molecule has 0 bridgehead atoms. The normalized spacial score (nSPS) is 10.5. The third-order valence-electron chi connectivity index (χ3n) is 0.693. The fourth-order valence-corrected chi connectivity index (χ4v) is 1.02. The molecule has 0 aliphatic heterocycles. The SMILES string of the molecule is C[Si](C)OCCCS. The maximum atomic E-state index is 5.34. The molecule has 49 valence electrons. The fraction of sp³-hybridized carbons (Fsp3) is 1.00. The van der Waals surface area contributed by atoms with Crippen LogP contribution in [0, 0.1) is 0 Å². The predicted octanol–water partition coefficient (Wildman–Crippen LogP) is 1.57. The van der Waals surface area contributed by atoms with Crippen LogP contribution in [0.25, 0.3) is 0 Å². The van der Waals surface area contributed by atoms with Crippen molar-refractivity contribution in [1.29, 1.82) is 0 Å². The second-order valence-electron chi connectivity index (χ2n) is 1.83. The Kier molecular flexibility index (Phi) is 6.03. The van der Waals surface area contributed by atoms with Crippen LogP contribution < -0.4 is 0 Å². The van der Waals surface area contributed by atoms with E-state index in [0.717, 1.165) is 18.8 Å². The molecule has 0 atom stereocenters. The molecular formula is C5H13OSSi. The molecule has 0 rings (SSSR count). The van der Waals surface area contributed by atoms with E-state index < -0.39 is 9.04 Å². The molecule has 0 aliphatic carbocycles. The van der Waals surface area contributed by atoms with Gasteiger partial charge in [-0.15, -0.1) is 0 Å². The lowest BCUT2D eigenvalue weighted by Gasteiger charge is -2.02. The fourth-order valence-electron chi connectivity index (χ4n) is 0.341. The van der Waals surface area contributed by atoms with Crippen molar-refractivity contribution in [1.82, 2.24) is 0 Å². The number of hydrogen-bond acceptors (Lipinski definition) is 2. The molecule has 0 aromatic carbocycles. The highest BCUT2D eigenvalue weighted by atomic mass is 32.1. The average Bonchev–Trinajstić information content (AvgIpc) is 1.66. The van der Waals surface area contributed by atoms with E-state index >= 15 is 0 Å². The average molecular weight is 149 g/mol. The van der Waals surface area contributed by atoms with Gasteiger partial charge in [0.1, 0.15) is 0 Å². The molecule has 0 aliphatic rings. The van der Waals surface area contributed by atoms with Gasteiger partial charge in [0.2, 0.25) is 9.04 Å². The van der Waals surface area contributed by atoms with Crippen LogP contribution in [0.4, 0.5) is 0 Å². The highest BCUT2D eigenvalue weighted by Gasteiger charge is 1.93. The Balaban J connectivity index is 2.72. The van der Waals surface area contributed by atoms with Gasteiger partial charge in [-0.2, -0.15) is 12.6 Å². The Morgan fingerprint density at radius 2 is 2.12 bits per heavy atom. The summed E-state index contributed by atoms with van der Waals surface area (Å²) in [5, 5.41) is 0. The molecule has 8 heavy (non-hydrogen) atoms. The molecule has 0 amide bonds. The summed E-state index contributed by atoms with van der Waals surface area (Å²) in [6.45, 7) is 5.18. The van der Waals surface area contributed by atoms with E-state index in [4.69, 9.17) is 4.43 Å². The first-order chi connectivity index (χ1) is 3.77. The van der Waals surface area contributed by atoms with Crippen molar-refractivity contribution >= 4 is 21.7 Å². The van der Waals surface area contributed by atoms with E-state index in [1.165, 1.54) is 0 Å². The maximum absolute atomic E-state index is 5.34. The summed E-state index contributed by atoms with van der Waals surface area (Å²) in [6, 6.07) is 0. The molecule has 0 saturated heterocycles. The first-order valence-corrected chi connectivity index (χ1v) is 5.85. The third-order valence-corrected chi connectivity index (χ3v) is 1.79. The summed E-state index contributed by atoms with van der Waals surface area (Å²) >= 11 is 4.05. The van der Waals surface area contributed by atoms with Crippen LogP contribution in [0.1, 0.15) is 6.42 Å². The van der Waals surface area contributed by atoms with Gasteiger partial charge in [0, 0.05) is 6.61 Å². The molecule has 0 unspecified atom stereocenters. The van der Waals surface area contributed by atoms with Crippen LogP contribution in [-0.4, -0.2) is 21.4 Å². The van der Waals surface area contributed by atoms with E-state index in [-0.39, 0.29) is 0 Å². The summed E-state index contributed by atoms with van der Waals surface area (Å²) in [5.74, 6) is 0.940. The molecule has 0 aromatic rings. The van der Waals surface area contributed by atoms with Crippen LogP contribution in [0.15, 0.2) is 0 Å². The van der Waals surface area contributed by atoms with Gasteiger partial charge >= 0.3 is 0 Å². The molecule has 1 radical (unpaired) electrons. The van der Waals surface area contributed by atoms with E-state index in [1.54, 1.807) is 0 Å². The molecular weight excluding hydrogens is 136 g/mol. The monoisotopic (exact) mass is 149 g/mol. The van der Waals surface area contributed by atoms with Crippen LogP contribution in [0.3, 0.4) is 0 Å². The number of rotatable bonds is 4. The zero-order chi connectivity index (χ0) is 6.41. The quantitative estimate of drug-likeness (QED) is 0.363. The zero-order valence-electron chi connectivity index (χ0n) is 5.48. The van der Waals surface area contributed by atoms with Gasteiger partial charge in [-0.05, 0) is 25.3 Å². The van der Waals surface area contributed by atoms with Gasteiger partial charge < -0.3 is 4.43 Å². The zero-order valence-corrected chi connectivity index (χ0v) is 7.37. The van der Waals surface area contributed by atoms with Crippen LogP contribution in [-0.2, 0) is 4.43 Å². The Morgan fingerprint density at radius 1 is 1.50 bits per heavy atom. The number of thiol groups is 1. The summed E-state index contributed by atoms with van der Waals surface area (Å²) in [6.07, 6.45) is 1.08. The second kappa shape index (κ2) is 5.66. The van der Waals surface area contributed by atoms with Gasteiger partial charge in [0.25, 0.3) is 0 Å². The lowest BCUT2D eigenvalue weighted by atomic mass is 10.5. The number of hydrogen-bond donors (Lipinski definition) is 1. The van der Waals surface area contributed by atoms with E-state index in [1.807, 2.05) is 0 Å². The van der Waals surface area contributed by atoms with Gasteiger partial charge in [0.05, 0.1) is 0 Å². The molecule has 1 nitrogen and oxygen atoms in total. The van der Waals surface area contributed by atoms with Gasteiger partial charge in [0.15, 0.2) is 0 Å². The van der Waals surface area contributed by atoms with Crippen molar-refractivity contribution in [3.63, 3.8) is 0 Å². The summed E-state index contributed by atoms with van der Waals surface area (Å²) in [4.78, 5) is 0. The minimum absolute atomic E-state index is 0.441. The van der Waals surface area contributed by atoms with E-state index in [9.17, 15) is 0 Å². The van der Waals surface area contributed by atoms with Gasteiger partial charge in [-0.1, -0.05) is 0 Å². The molecule has 0 heterocycles. The maximum Gasteiger partial charge on any atom is 0.204 e. The lowest BCUT2D eigenvalue weighted by molar-refractivity contribution is 0.327. The Hall–Kier alpha value is 0.527. The van der Waals surface area contributed by atoms with Gasteiger partial charge in [-0.3, -0.25) is 0 Å². The molecule has 0 spiro atoms. The van der Waals surface area contributed by atoms with Crippen molar-refractivity contribution in [2.45, 2.75) is 19.5 Å². The highest BCUT2D eigenvalue weighted by Crippen LogP contribution is 1.88. The van der Waals surface area contributed by atoms with Crippen LogP contribution >= 0.6 is 12.6 Å². The Bertz CT molecular complexity index is 49.7. The van der Waals surface area contributed by atoms with E-state index in [2.05, 4.69) is 25.7 Å². The first-order valence-electron chi connectivity index (χ1n) is 2.81. The highest BCUT2D eigenvalue weighted by molar-refractivity contribution is 7.80. The summed E-state index contributed by atoms with van der Waals surface area (Å²) < 4.78 is 5.34. The molecule has 3 heteroatoms. The summed E-state index contributed by atoms with van der Waals surface area (Å²) in [7, 11) is -0.441. The minimum atomic E-state index is -0.441. The Labute approximate surface area is 58.6 Å². The minimum Gasteiger partial charge on any atom is -0.417 e. The van der Waals surface area contributed by atoms with Crippen LogP contribution in [0.2, 0.25) is 13.1 Å². The van der Waals surface area contributed by atoms with E-state index in [0.29, 0.717) is 0 Å². The molecule has 0 fully saturated rings. The third kappa shape index (κ3) is 6.53. The molecule has 0 saturated carbocycles. The van der Waals surface area contributed by atoms with Crippen LogP contribution in [0.5, 0.6) is 0 Å². The van der Waals surface area contributed by atoms with Gasteiger partial charge in [-0.25, -0.2) is 0 Å². The molecule has 0 N–H and O–H groups in total. The lowest BCUT2D eigenvalue weighted by Crippen LogP contribution is -2.08. The first kappa shape index (κ1) is 8.53. The predicted molar refractivity (Wildman–Crippen MR) is 41.9 cm³/mol. The van der Waals surface area contributed by atoms with Crippen molar-refractivity contribution in [3.05, 3.63) is 0 Å². The largest absolute Gasteiger partial charge is 0.417 e. The second-order valence-corrected chi connectivity index (χ2v) is 4.39.